The summed E-state index contributed by atoms with van der Waals surface area (Å²) in [6.45, 7) is 4.23. The van der Waals surface area contributed by atoms with Gasteiger partial charge in [-0.1, -0.05) is 0 Å². The van der Waals surface area contributed by atoms with E-state index in [9.17, 15) is 4.79 Å². The molecule has 2 aromatic rings. The van der Waals surface area contributed by atoms with Gasteiger partial charge in [-0.25, -0.2) is 14.9 Å². The molecule has 2 heterocycles. The van der Waals surface area contributed by atoms with Gasteiger partial charge in [0.2, 0.25) is 0 Å². The van der Waals surface area contributed by atoms with Crippen molar-refractivity contribution in [2.45, 2.75) is 30.6 Å². The first-order chi connectivity index (χ1) is 8.65. The molecule has 0 aromatic carbocycles. The normalized spacial score (nSPS) is 10.3. The molecule has 18 heavy (non-hydrogen) atoms. The Hall–Kier alpha value is -2.07. The molecule has 0 spiro atoms. The number of H-pyrrole nitrogens is 1. The summed E-state index contributed by atoms with van der Waals surface area (Å²) in [5.74, 6) is 0. The van der Waals surface area contributed by atoms with Crippen molar-refractivity contribution in [2.24, 2.45) is 0 Å². The van der Waals surface area contributed by atoms with Gasteiger partial charge in [0.05, 0.1) is 5.56 Å². The molecule has 7 heteroatoms. The summed E-state index contributed by atoms with van der Waals surface area (Å²) in [5, 5.41) is 16.4. The van der Waals surface area contributed by atoms with Crippen molar-refractivity contribution in [3.8, 4) is 6.07 Å². The molecule has 0 saturated heterocycles. The number of nitriles is 1. The number of nitrogens with zero attached hydrogens (tertiary/aromatic N) is 4. The summed E-state index contributed by atoms with van der Waals surface area (Å²) < 4.78 is 1.50. The number of aryl methyl sites for hydroxylation is 1. The Labute approximate surface area is 108 Å². The number of nitrogens with one attached hydrogen (secondary N) is 1. The summed E-state index contributed by atoms with van der Waals surface area (Å²) in [5.41, 5.74) is 1.03. The molecule has 0 atom stereocenters. The number of rotatable bonds is 3. The molecular formula is C11H11N5OS. The first kappa shape index (κ1) is 12.4. The lowest BCUT2D eigenvalue weighted by molar-refractivity contribution is 0.660. The smallest absolute Gasteiger partial charge is 0.270 e. The molecular weight excluding hydrogens is 250 g/mol. The molecule has 0 bridgehead atoms. The summed E-state index contributed by atoms with van der Waals surface area (Å²) in [7, 11) is 0. The van der Waals surface area contributed by atoms with Crippen molar-refractivity contribution in [3.63, 3.8) is 0 Å². The molecule has 0 aliphatic heterocycles. The molecule has 6 nitrogen and oxygen atoms in total. The maximum absolute atomic E-state index is 11.4. The van der Waals surface area contributed by atoms with Crippen LogP contribution in [0.2, 0.25) is 0 Å². The highest BCUT2D eigenvalue weighted by Crippen LogP contribution is 2.26. The first-order valence-electron chi connectivity index (χ1n) is 5.36. The van der Waals surface area contributed by atoms with Gasteiger partial charge in [0.1, 0.15) is 11.1 Å². The molecule has 0 radical (unpaired) electrons. The molecule has 0 unspecified atom stereocenters. The topological polar surface area (TPSA) is 87.4 Å². The summed E-state index contributed by atoms with van der Waals surface area (Å²) >= 11 is 1.21. The molecule has 0 amide bonds. The summed E-state index contributed by atoms with van der Waals surface area (Å²) in [6, 6.07) is 5.57. The minimum atomic E-state index is -0.258. The number of aromatic amines is 1. The van der Waals surface area contributed by atoms with E-state index in [1.807, 2.05) is 13.8 Å². The number of aromatic nitrogens is 4. The highest BCUT2D eigenvalue weighted by molar-refractivity contribution is 7.99. The van der Waals surface area contributed by atoms with Crippen LogP contribution < -0.4 is 5.69 Å². The summed E-state index contributed by atoms with van der Waals surface area (Å²) in [6.07, 6.45) is 0. The Morgan fingerprint density at radius 2 is 2.33 bits per heavy atom. The molecule has 2 rings (SSSR count). The van der Waals surface area contributed by atoms with Crippen molar-refractivity contribution in [2.75, 3.05) is 0 Å². The Kier molecular flexibility index (Phi) is 3.48. The fourth-order valence-electron chi connectivity index (χ4n) is 1.44. The Bertz CT molecular complexity index is 667. The molecule has 92 valence electrons. The van der Waals surface area contributed by atoms with Gasteiger partial charge >= 0.3 is 5.69 Å². The van der Waals surface area contributed by atoms with Crippen LogP contribution in [-0.4, -0.2) is 19.7 Å². The van der Waals surface area contributed by atoms with E-state index in [0.29, 0.717) is 22.3 Å². The Morgan fingerprint density at radius 3 is 3.00 bits per heavy atom. The van der Waals surface area contributed by atoms with Crippen LogP contribution in [-0.2, 0) is 6.54 Å². The van der Waals surface area contributed by atoms with Crippen LogP contribution in [0.5, 0.6) is 0 Å². The lowest BCUT2D eigenvalue weighted by Gasteiger charge is -2.04. The van der Waals surface area contributed by atoms with E-state index < -0.39 is 0 Å². The van der Waals surface area contributed by atoms with E-state index in [1.54, 1.807) is 12.1 Å². The second-order valence-corrected chi connectivity index (χ2v) is 4.53. The predicted molar refractivity (Wildman–Crippen MR) is 66.3 cm³/mol. The van der Waals surface area contributed by atoms with Gasteiger partial charge in [0.25, 0.3) is 0 Å². The third-order valence-corrected chi connectivity index (χ3v) is 3.35. The molecule has 1 N–H and O–H groups in total. The monoisotopic (exact) mass is 261 g/mol. The average molecular weight is 261 g/mol. The van der Waals surface area contributed by atoms with E-state index in [4.69, 9.17) is 5.26 Å². The minimum absolute atomic E-state index is 0.258. The summed E-state index contributed by atoms with van der Waals surface area (Å²) in [4.78, 5) is 15.7. The number of hydrogen-bond donors (Lipinski definition) is 1. The predicted octanol–water partition coefficient (Wildman–Crippen LogP) is 1.32. The van der Waals surface area contributed by atoms with Crippen molar-refractivity contribution in [3.05, 3.63) is 33.9 Å². The van der Waals surface area contributed by atoms with Crippen LogP contribution >= 0.6 is 11.8 Å². The maximum Gasteiger partial charge on any atom is 0.343 e. The van der Waals surface area contributed by atoms with E-state index in [-0.39, 0.29) is 5.69 Å². The van der Waals surface area contributed by atoms with Gasteiger partial charge in [-0.05, 0) is 37.7 Å². The van der Waals surface area contributed by atoms with Crippen LogP contribution in [0.15, 0.2) is 27.1 Å². The second kappa shape index (κ2) is 5.06. The molecule has 0 fully saturated rings. The average Bonchev–Trinajstić information content (AvgIpc) is 2.70. The second-order valence-electron chi connectivity index (χ2n) is 3.57. The van der Waals surface area contributed by atoms with Crippen LogP contribution in [0, 0.1) is 18.3 Å². The third-order valence-electron chi connectivity index (χ3n) is 2.35. The maximum atomic E-state index is 11.4. The Balaban J connectivity index is 2.43. The standard InChI is InChI=1S/C11H11N5OS/c1-3-16-10(17)14-15-11(16)18-9-8(6-12)5-4-7(2)13-9/h4-5H,3H2,1-2H3,(H,14,17). The molecule has 0 saturated carbocycles. The van der Waals surface area contributed by atoms with Crippen molar-refractivity contribution in [1.82, 2.24) is 19.7 Å². The van der Waals surface area contributed by atoms with E-state index in [0.717, 1.165) is 5.69 Å². The van der Waals surface area contributed by atoms with E-state index in [2.05, 4.69) is 21.3 Å². The van der Waals surface area contributed by atoms with Crippen LogP contribution in [0.25, 0.3) is 0 Å². The zero-order valence-electron chi connectivity index (χ0n) is 9.97. The van der Waals surface area contributed by atoms with Gasteiger partial charge < -0.3 is 0 Å². The zero-order chi connectivity index (χ0) is 13.1. The zero-order valence-corrected chi connectivity index (χ0v) is 10.8. The van der Waals surface area contributed by atoms with Gasteiger partial charge in [0, 0.05) is 12.2 Å². The highest BCUT2D eigenvalue weighted by atomic mass is 32.2. The first-order valence-corrected chi connectivity index (χ1v) is 6.18. The lowest BCUT2D eigenvalue weighted by atomic mass is 10.3. The third kappa shape index (κ3) is 2.28. The van der Waals surface area contributed by atoms with Gasteiger partial charge in [-0.3, -0.25) is 4.57 Å². The molecule has 0 aliphatic carbocycles. The van der Waals surface area contributed by atoms with Crippen LogP contribution in [0.1, 0.15) is 18.2 Å². The minimum Gasteiger partial charge on any atom is -0.270 e. The number of pyridine rings is 1. The van der Waals surface area contributed by atoms with Crippen molar-refractivity contribution < 1.29 is 0 Å². The van der Waals surface area contributed by atoms with Gasteiger partial charge in [0.15, 0.2) is 5.16 Å². The lowest BCUT2D eigenvalue weighted by Crippen LogP contribution is -2.16. The quantitative estimate of drug-likeness (QED) is 0.900. The van der Waals surface area contributed by atoms with Crippen LogP contribution in [0.4, 0.5) is 0 Å². The number of hydrogen-bond acceptors (Lipinski definition) is 5. The Morgan fingerprint density at radius 1 is 1.56 bits per heavy atom. The van der Waals surface area contributed by atoms with E-state index >= 15 is 0 Å². The van der Waals surface area contributed by atoms with Gasteiger partial charge in [-0.15, -0.1) is 5.10 Å². The highest BCUT2D eigenvalue weighted by Gasteiger charge is 2.12. The SMILES string of the molecule is CCn1c(Sc2nc(C)ccc2C#N)n[nH]c1=O. The molecule has 2 aromatic heterocycles. The fraction of sp³-hybridized carbons (Fsp3) is 0.273. The van der Waals surface area contributed by atoms with E-state index in [1.165, 1.54) is 16.3 Å². The van der Waals surface area contributed by atoms with Crippen molar-refractivity contribution in [1.29, 1.82) is 5.26 Å². The largest absolute Gasteiger partial charge is 0.343 e. The fourth-order valence-corrected chi connectivity index (χ4v) is 2.44. The van der Waals surface area contributed by atoms with Crippen LogP contribution in [0.3, 0.4) is 0 Å². The van der Waals surface area contributed by atoms with Gasteiger partial charge in [-0.2, -0.15) is 5.26 Å². The van der Waals surface area contributed by atoms with Crippen molar-refractivity contribution >= 4 is 11.8 Å². The molecule has 0 aliphatic rings.